The third kappa shape index (κ3) is 2.57. The Morgan fingerprint density at radius 1 is 0.750 bits per heavy atom. The average molecular weight is 230 g/mol. The van der Waals surface area contributed by atoms with Crippen LogP contribution in [0.15, 0.2) is 0 Å². The Balaban J connectivity index is 1.90. The van der Waals surface area contributed by atoms with Gasteiger partial charge in [-0.15, -0.1) is 0 Å². The maximum atomic E-state index is 13.7. The predicted octanol–water partition coefficient (Wildman–Crippen LogP) is 4.54. The van der Waals surface area contributed by atoms with Crippen molar-refractivity contribution in [2.24, 2.45) is 23.7 Å². The molecule has 0 heterocycles. The summed E-state index contributed by atoms with van der Waals surface area (Å²) in [4.78, 5) is 0. The van der Waals surface area contributed by atoms with E-state index in [0.717, 1.165) is 5.92 Å². The van der Waals surface area contributed by atoms with Crippen molar-refractivity contribution in [3.63, 3.8) is 0 Å². The van der Waals surface area contributed by atoms with Crippen molar-refractivity contribution < 1.29 is 8.78 Å². The molecule has 0 nitrogen and oxygen atoms in total. The van der Waals surface area contributed by atoms with Crippen LogP contribution in [0.2, 0.25) is 0 Å². The summed E-state index contributed by atoms with van der Waals surface area (Å²) < 4.78 is 27.3. The van der Waals surface area contributed by atoms with Gasteiger partial charge >= 0.3 is 0 Å². The lowest BCUT2D eigenvalue weighted by Gasteiger charge is -2.39. The van der Waals surface area contributed by atoms with E-state index < -0.39 is 12.3 Å². The molecular weight excluding hydrogens is 206 g/mol. The van der Waals surface area contributed by atoms with Crippen molar-refractivity contribution in [1.29, 1.82) is 0 Å². The molecule has 2 fully saturated rings. The van der Waals surface area contributed by atoms with Gasteiger partial charge in [0.2, 0.25) is 0 Å². The van der Waals surface area contributed by atoms with Gasteiger partial charge in [0.15, 0.2) is 0 Å². The lowest BCUT2D eigenvalue weighted by molar-refractivity contribution is 0.0238. The van der Waals surface area contributed by atoms with E-state index >= 15 is 0 Å². The molecule has 2 aliphatic carbocycles. The van der Waals surface area contributed by atoms with Crippen molar-refractivity contribution in [3.05, 3.63) is 0 Å². The fourth-order valence-corrected chi connectivity index (χ4v) is 3.47. The molecule has 2 rings (SSSR count). The minimum absolute atomic E-state index is 0.314. The fourth-order valence-electron chi connectivity index (χ4n) is 3.47. The largest absolute Gasteiger partial charge is 0.247 e. The summed E-state index contributed by atoms with van der Waals surface area (Å²) in [7, 11) is 0. The molecule has 2 aliphatic rings. The zero-order valence-corrected chi connectivity index (χ0v) is 10.5. The molecular formula is C14H24F2. The van der Waals surface area contributed by atoms with Crippen molar-refractivity contribution in [2.45, 2.75) is 64.7 Å². The minimum atomic E-state index is -0.909. The van der Waals surface area contributed by atoms with Gasteiger partial charge in [-0.2, -0.15) is 0 Å². The molecule has 0 spiro atoms. The number of rotatable bonds is 1. The van der Waals surface area contributed by atoms with Gasteiger partial charge in [-0.1, -0.05) is 26.7 Å². The van der Waals surface area contributed by atoms with Gasteiger partial charge in [0.05, 0.1) is 0 Å². The number of alkyl halides is 2. The Morgan fingerprint density at radius 3 is 1.75 bits per heavy atom. The zero-order valence-electron chi connectivity index (χ0n) is 10.5. The van der Waals surface area contributed by atoms with Crippen LogP contribution < -0.4 is 0 Å². The Hall–Kier alpha value is -0.140. The standard InChI is InChI=1S/C14H24F2/c1-9-3-5-11(6-4-9)12-7-13(15)10(2)14(16)8-12/h9-14H,3-8H2,1-2H3/t9?,10?,11?,12?,13-,14?/m0/s1. The topological polar surface area (TPSA) is 0 Å². The quantitative estimate of drug-likeness (QED) is 0.620. The van der Waals surface area contributed by atoms with Gasteiger partial charge in [-0.25, -0.2) is 8.78 Å². The summed E-state index contributed by atoms with van der Waals surface area (Å²) in [5.74, 6) is 1.36. The van der Waals surface area contributed by atoms with Crippen LogP contribution in [0.4, 0.5) is 8.78 Å². The van der Waals surface area contributed by atoms with Crippen molar-refractivity contribution in [2.75, 3.05) is 0 Å². The monoisotopic (exact) mass is 230 g/mol. The SMILES string of the molecule is CC1CCC(C2CC(F)C(C)[C@@H](F)C2)CC1. The van der Waals surface area contributed by atoms with Crippen LogP contribution >= 0.6 is 0 Å². The van der Waals surface area contributed by atoms with Crippen molar-refractivity contribution in [1.82, 2.24) is 0 Å². The van der Waals surface area contributed by atoms with E-state index in [9.17, 15) is 8.78 Å². The van der Waals surface area contributed by atoms with E-state index in [2.05, 4.69) is 6.92 Å². The molecule has 0 N–H and O–H groups in total. The van der Waals surface area contributed by atoms with E-state index in [1.807, 2.05) is 0 Å². The first kappa shape index (κ1) is 12.3. The number of halogens is 2. The first-order valence-corrected chi connectivity index (χ1v) is 6.86. The van der Waals surface area contributed by atoms with Gasteiger partial charge in [-0.3, -0.25) is 0 Å². The highest BCUT2D eigenvalue weighted by Crippen LogP contribution is 2.42. The Bertz CT molecular complexity index is 209. The second-order valence-electron chi connectivity index (χ2n) is 6.14. The lowest BCUT2D eigenvalue weighted by atomic mass is 9.68. The molecule has 16 heavy (non-hydrogen) atoms. The number of hydrogen-bond acceptors (Lipinski definition) is 0. The molecule has 0 aromatic rings. The van der Waals surface area contributed by atoms with E-state index in [4.69, 9.17) is 0 Å². The summed E-state index contributed by atoms with van der Waals surface area (Å²) in [5, 5.41) is 0. The molecule has 3 unspecified atom stereocenters. The smallest absolute Gasteiger partial charge is 0.106 e. The van der Waals surface area contributed by atoms with Crippen LogP contribution in [0.5, 0.6) is 0 Å². The average Bonchev–Trinajstić information content (AvgIpc) is 2.26. The Morgan fingerprint density at radius 2 is 1.25 bits per heavy atom. The molecule has 0 aliphatic heterocycles. The third-order valence-electron chi connectivity index (χ3n) is 4.92. The predicted molar refractivity (Wildman–Crippen MR) is 62.8 cm³/mol. The molecule has 2 saturated carbocycles. The lowest BCUT2D eigenvalue weighted by Crippen LogP contribution is -2.37. The maximum absolute atomic E-state index is 13.7. The Kier molecular flexibility index (Phi) is 3.86. The molecule has 0 radical (unpaired) electrons. The molecule has 94 valence electrons. The highest BCUT2D eigenvalue weighted by molar-refractivity contribution is 4.88. The first-order chi connectivity index (χ1) is 7.58. The van der Waals surface area contributed by atoms with Crippen LogP contribution in [0, 0.1) is 23.7 Å². The zero-order chi connectivity index (χ0) is 11.7. The summed E-state index contributed by atoms with van der Waals surface area (Å²) >= 11 is 0. The molecule has 0 amide bonds. The fraction of sp³-hybridized carbons (Fsp3) is 1.00. The summed E-state index contributed by atoms with van der Waals surface area (Å²) in [6.45, 7) is 4.00. The second-order valence-corrected chi connectivity index (χ2v) is 6.14. The van der Waals surface area contributed by atoms with Gasteiger partial charge in [-0.05, 0) is 43.4 Å². The normalized spacial score (nSPS) is 50.2. The molecule has 0 saturated heterocycles. The number of hydrogen-bond donors (Lipinski definition) is 0. The van der Waals surface area contributed by atoms with Crippen LogP contribution in [0.25, 0.3) is 0 Å². The van der Waals surface area contributed by atoms with Crippen LogP contribution in [0.1, 0.15) is 52.4 Å². The second kappa shape index (κ2) is 5.01. The minimum Gasteiger partial charge on any atom is -0.247 e. The molecule has 2 heteroatoms. The van der Waals surface area contributed by atoms with Crippen LogP contribution in [-0.4, -0.2) is 12.3 Å². The van der Waals surface area contributed by atoms with Gasteiger partial charge in [0, 0.05) is 5.92 Å². The van der Waals surface area contributed by atoms with E-state index in [-0.39, 0.29) is 5.92 Å². The molecule has 0 aromatic heterocycles. The third-order valence-corrected chi connectivity index (χ3v) is 4.92. The highest BCUT2D eigenvalue weighted by Gasteiger charge is 2.39. The van der Waals surface area contributed by atoms with Crippen LogP contribution in [0.3, 0.4) is 0 Å². The molecule has 0 bridgehead atoms. The summed E-state index contributed by atoms with van der Waals surface area (Å²) in [6, 6.07) is 0. The molecule has 0 aromatic carbocycles. The Labute approximate surface area is 97.8 Å². The van der Waals surface area contributed by atoms with Gasteiger partial charge in [0.1, 0.15) is 12.3 Å². The van der Waals surface area contributed by atoms with Gasteiger partial charge < -0.3 is 0 Å². The maximum Gasteiger partial charge on any atom is 0.106 e. The van der Waals surface area contributed by atoms with E-state index in [0.29, 0.717) is 24.7 Å². The molecule has 4 atom stereocenters. The first-order valence-electron chi connectivity index (χ1n) is 6.86. The van der Waals surface area contributed by atoms with E-state index in [1.165, 1.54) is 25.7 Å². The van der Waals surface area contributed by atoms with E-state index in [1.54, 1.807) is 6.92 Å². The summed E-state index contributed by atoms with van der Waals surface area (Å²) in [5.41, 5.74) is 0. The highest BCUT2D eigenvalue weighted by atomic mass is 19.1. The van der Waals surface area contributed by atoms with Crippen LogP contribution in [-0.2, 0) is 0 Å². The summed E-state index contributed by atoms with van der Waals surface area (Å²) in [6.07, 6.45) is 4.30. The van der Waals surface area contributed by atoms with Crippen molar-refractivity contribution >= 4 is 0 Å². The van der Waals surface area contributed by atoms with Crippen molar-refractivity contribution in [3.8, 4) is 0 Å². The van der Waals surface area contributed by atoms with Gasteiger partial charge in [0.25, 0.3) is 0 Å².